The number of esters is 2. The van der Waals surface area contributed by atoms with Crippen molar-refractivity contribution < 1.29 is 28.5 Å². The van der Waals surface area contributed by atoms with Crippen LogP contribution in [-0.4, -0.2) is 44.9 Å². The van der Waals surface area contributed by atoms with E-state index < -0.39 is 5.97 Å². The second kappa shape index (κ2) is 23.0. The monoisotopic (exact) mass is 867 g/mol. The molecule has 0 heterocycles. The number of rotatable bonds is 11. The number of nitrogens with one attached hydrogen (secondary N) is 1. The first-order valence-corrected chi connectivity index (χ1v) is 22.8. The number of hydrogen-bond donors (Lipinski definition) is 2. The Morgan fingerprint density at radius 1 is 0.619 bits per heavy atom. The molecule has 4 aromatic carbocycles. The molecule has 6 rings (SSSR count). The molecule has 8 nitrogen and oxygen atoms in total. The number of hydrogen-bond acceptors (Lipinski definition) is 8. The summed E-state index contributed by atoms with van der Waals surface area (Å²) in [5.74, 6) is 2.99. The van der Waals surface area contributed by atoms with Crippen molar-refractivity contribution in [3.63, 3.8) is 0 Å². The van der Waals surface area contributed by atoms with Crippen LogP contribution < -0.4 is 20.5 Å². The average Bonchev–Trinajstić information content (AvgIpc) is 3.22. The molecule has 2 aliphatic carbocycles. The molecule has 0 aromatic heterocycles. The average molecular weight is 867 g/mol. The van der Waals surface area contributed by atoms with Crippen molar-refractivity contribution in [1.29, 1.82) is 0 Å². The van der Waals surface area contributed by atoms with Crippen molar-refractivity contribution in [2.45, 2.75) is 158 Å². The Bertz CT molecular complexity index is 2070. The maximum atomic E-state index is 11.4. The molecule has 0 aliphatic heterocycles. The van der Waals surface area contributed by atoms with Gasteiger partial charge in [0, 0.05) is 23.7 Å². The van der Waals surface area contributed by atoms with Gasteiger partial charge >= 0.3 is 11.9 Å². The van der Waals surface area contributed by atoms with Crippen LogP contribution in [0, 0.1) is 22.7 Å². The van der Waals surface area contributed by atoms with Crippen molar-refractivity contribution in [3.05, 3.63) is 96.6 Å². The maximum Gasteiger partial charge on any atom is 0.329 e. The first-order chi connectivity index (χ1) is 29.0. The largest absolute Gasteiger partial charge is 0.490 e. The Labute approximate surface area is 381 Å². The normalized spacial score (nSPS) is 19.3. The number of ether oxygens (including phenoxy) is 4. The molecule has 0 atom stereocenters. The lowest BCUT2D eigenvalue weighted by Gasteiger charge is -2.37. The summed E-state index contributed by atoms with van der Waals surface area (Å²) in [5, 5.41) is 8.29. The highest BCUT2D eigenvalue weighted by Gasteiger charge is 2.32. The molecule has 0 unspecified atom stereocenters. The summed E-state index contributed by atoms with van der Waals surface area (Å²) in [6, 6.07) is 25.8. The van der Waals surface area contributed by atoms with Gasteiger partial charge in [0.05, 0.1) is 32.8 Å². The highest BCUT2D eigenvalue weighted by atomic mass is 16.5. The Balaban J connectivity index is 0.000000297. The van der Waals surface area contributed by atoms with Crippen LogP contribution in [0.2, 0.25) is 0 Å². The summed E-state index contributed by atoms with van der Waals surface area (Å²) in [6.45, 7) is 26.2. The molecular formula is C55H82N2O6. The second-order valence-corrected chi connectivity index (χ2v) is 20.7. The number of benzene rings is 4. The van der Waals surface area contributed by atoms with Crippen LogP contribution in [0.5, 0.6) is 11.5 Å². The predicted molar refractivity (Wildman–Crippen MR) is 263 cm³/mol. The van der Waals surface area contributed by atoms with Crippen LogP contribution in [0.1, 0.15) is 146 Å². The SMILES string of the molecule is C.C=CC(=O)OC.CC(C)(N)c1ccc2cc(OC3CCC(C(C)(C)C)CC3)ccc2c1.COC(=O)CCNC(C)(C)c1ccc2cc(OC3CCC(C(C)(C)C)CC3)ccc2c1. The molecule has 2 aliphatic rings. The van der Waals surface area contributed by atoms with Gasteiger partial charge in [-0.15, -0.1) is 0 Å². The van der Waals surface area contributed by atoms with Crippen LogP contribution >= 0.6 is 0 Å². The highest BCUT2D eigenvalue weighted by molar-refractivity contribution is 5.85. The van der Waals surface area contributed by atoms with E-state index in [1.54, 1.807) is 0 Å². The minimum absolute atomic E-state index is 0. The molecule has 0 radical (unpaired) electrons. The number of carbonyl (C=O) groups is 2. The van der Waals surface area contributed by atoms with E-state index >= 15 is 0 Å². The first kappa shape index (κ1) is 52.9. The van der Waals surface area contributed by atoms with Crippen LogP contribution in [0.3, 0.4) is 0 Å². The van der Waals surface area contributed by atoms with Crippen molar-refractivity contribution >= 4 is 33.5 Å². The van der Waals surface area contributed by atoms with E-state index in [-0.39, 0.29) is 24.5 Å². The number of carbonyl (C=O) groups excluding carboxylic acids is 2. The van der Waals surface area contributed by atoms with Crippen molar-refractivity contribution in [2.24, 2.45) is 28.4 Å². The van der Waals surface area contributed by atoms with Gasteiger partial charge in [-0.2, -0.15) is 0 Å². The lowest BCUT2D eigenvalue weighted by Crippen LogP contribution is -2.37. The third-order valence-electron chi connectivity index (χ3n) is 13.0. The Kier molecular flexibility index (Phi) is 19.3. The van der Waals surface area contributed by atoms with Crippen molar-refractivity contribution in [1.82, 2.24) is 5.32 Å². The molecular weight excluding hydrogens is 785 g/mol. The van der Waals surface area contributed by atoms with E-state index in [2.05, 4.69) is 145 Å². The van der Waals surface area contributed by atoms with Crippen LogP contribution in [0.15, 0.2) is 85.5 Å². The van der Waals surface area contributed by atoms with E-state index in [1.807, 2.05) is 13.8 Å². The third kappa shape index (κ3) is 16.3. The van der Waals surface area contributed by atoms with Gasteiger partial charge in [0.15, 0.2) is 0 Å². The summed E-state index contributed by atoms with van der Waals surface area (Å²) in [5.41, 5.74) is 8.85. The maximum absolute atomic E-state index is 11.4. The molecule has 8 heteroatoms. The molecule has 4 aromatic rings. The fourth-order valence-electron chi connectivity index (χ4n) is 8.63. The molecule has 0 spiro atoms. The lowest BCUT2D eigenvalue weighted by molar-refractivity contribution is -0.140. The molecule has 0 saturated heterocycles. The standard InChI is InChI=1S/C27H39NO3.C23H33NO.C4H6O2.CH4/c1-26(2,3)21-10-13-23(14-11-21)31-24-12-8-19-17-22(9-7-20(19)18-24)27(4,5)28-16-15-25(29)30-6;1-22(2,3)18-9-12-20(13-10-18)25-21-11-7-16-14-19(23(4,5)24)8-6-17(16)15-21;1-3-4(5)6-2;/h7-9,12,17-18,21,23,28H,10-11,13-16H2,1-6H3;6-8,11,14-15,18,20H,9-10,12-13,24H2,1-5H3;3H,1H2,2H3;1H4. The summed E-state index contributed by atoms with van der Waals surface area (Å²) >= 11 is 0. The van der Waals surface area contributed by atoms with E-state index in [0.29, 0.717) is 36.0 Å². The zero-order chi connectivity index (χ0) is 45.9. The van der Waals surface area contributed by atoms with Crippen LogP contribution in [0.25, 0.3) is 21.5 Å². The molecule has 0 bridgehead atoms. The van der Waals surface area contributed by atoms with Gasteiger partial charge in [0.1, 0.15) is 11.5 Å². The highest BCUT2D eigenvalue weighted by Crippen LogP contribution is 2.40. The number of nitrogens with two attached hydrogens (primary N) is 1. The second-order valence-electron chi connectivity index (χ2n) is 20.7. The van der Waals surface area contributed by atoms with Gasteiger partial charge in [0.2, 0.25) is 0 Å². The van der Waals surface area contributed by atoms with E-state index in [4.69, 9.17) is 19.9 Å². The predicted octanol–water partition coefficient (Wildman–Crippen LogP) is 13.2. The van der Waals surface area contributed by atoms with E-state index in [0.717, 1.165) is 47.8 Å². The zero-order valence-electron chi connectivity index (χ0n) is 40.1. The summed E-state index contributed by atoms with van der Waals surface area (Å²) in [4.78, 5) is 21.2. The van der Waals surface area contributed by atoms with Crippen molar-refractivity contribution in [2.75, 3.05) is 20.8 Å². The minimum Gasteiger partial charge on any atom is -0.490 e. The van der Waals surface area contributed by atoms with Crippen LogP contribution in [0.4, 0.5) is 0 Å². The molecule has 2 saturated carbocycles. The van der Waals surface area contributed by atoms with Gasteiger partial charge in [-0.3, -0.25) is 4.79 Å². The first-order valence-electron chi connectivity index (χ1n) is 22.8. The minimum atomic E-state index is -0.394. The van der Waals surface area contributed by atoms with Gasteiger partial charge in [-0.1, -0.05) is 91.9 Å². The summed E-state index contributed by atoms with van der Waals surface area (Å²) in [7, 11) is 2.73. The zero-order valence-corrected chi connectivity index (χ0v) is 40.1. The Hall–Kier alpha value is -4.40. The molecule has 2 fully saturated rings. The molecule has 348 valence electrons. The Morgan fingerprint density at radius 3 is 1.38 bits per heavy atom. The molecule has 3 N–H and O–H groups in total. The van der Waals surface area contributed by atoms with Gasteiger partial charge in [0.25, 0.3) is 0 Å². The third-order valence-corrected chi connectivity index (χ3v) is 13.0. The van der Waals surface area contributed by atoms with Gasteiger partial charge < -0.3 is 30.0 Å². The lowest BCUT2D eigenvalue weighted by atomic mass is 9.72. The fourth-order valence-corrected chi connectivity index (χ4v) is 8.63. The number of fused-ring (bicyclic) bond motifs is 2. The van der Waals surface area contributed by atoms with E-state index in [9.17, 15) is 9.59 Å². The summed E-state index contributed by atoms with van der Waals surface area (Å²) in [6.07, 6.45) is 11.8. The smallest absolute Gasteiger partial charge is 0.329 e. The van der Waals surface area contributed by atoms with Gasteiger partial charge in [-0.05, 0) is 171 Å². The molecule has 0 amide bonds. The summed E-state index contributed by atoms with van der Waals surface area (Å²) < 4.78 is 21.5. The molecule has 63 heavy (non-hydrogen) atoms. The van der Waals surface area contributed by atoms with Crippen molar-refractivity contribution in [3.8, 4) is 11.5 Å². The van der Waals surface area contributed by atoms with E-state index in [1.165, 1.54) is 79.9 Å². The fraction of sp³-hybridized carbons (Fsp3) is 0.564. The van der Waals surface area contributed by atoms with Crippen LogP contribution in [-0.2, 0) is 30.1 Å². The topological polar surface area (TPSA) is 109 Å². The quantitative estimate of drug-likeness (QED) is 0.113. The Morgan fingerprint density at radius 2 is 1.02 bits per heavy atom. The van der Waals surface area contributed by atoms with Gasteiger partial charge in [-0.25, -0.2) is 4.79 Å². The number of methoxy groups -OCH3 is 2.